The molecule has 0 aliphatic carbocycles. The molecular formula is C11H15N3. The van der Waals surface area contributed by atoms with Crippen molar-refractivity contribution in [2.75, 3.05) is 19.6 Å². The van der Waals surface area contributed by atoms with E-state index in [9.17, 15) is 0 Å². The number of hydrogen-bond acceptors (Lipinski definition) is 3. The van der Waals surface area contributed by atoms with Crippen molar-refractivity contribution in [1.82, 2.24) is 14.9 Å². The summed E-state index contributed by atoms with van der Waals surface area (Å²) in [4.78, 5) is 11.2. The Labute approximate surface area is 84.2 Å². The lowest BCUT2D eigenvalue weighted by atomic mass is 9.89. The molecule has 3 nitrogen and oxygen atoms in total. The molecule has 2 aliphatic heterocycles. The van der Waals surface area contributed by atoms with Crippen LogP contribution in [-0.4, -0.2) is 34.5 Å². The SMILES string of the molecule is c1cnc([C@@H]2CN3CCCC2C3)cn1. The molecule has 0 saturated carbocycles. The van der Waals surface area contributed by atoms with Gasteiger partial charge >= 0.3 is 0 Å². The Morgan fingerprint density at radius 1 is 1.29 bits per heavy atom. The van der Waals surface area contributed by atoms with Gasteiger partial charge in [0.05, 0.1) is 5.69 Å². The van der Waals surface area contributed by atoms with E-state index in [0.717, 1.165) is 5.92 Å². The Balaban J connectivity index is 1.86. The first-order valence-electron chi connectivity index (χ1n) is 5.42. The molecule has 0 aromatic carbocycles. The molecule has 3 rings (SSSR count). The third-order valence-electron chi connectivity index (χ3n) is 3.53. The highest BCUT2D eigenvalue weighted by Crippen LogP contribution is 2.37. The lowest BCUT2D eigenvalue weighted by molar-refractivity contribution is 0.269. The van der Waals surface area contributed by atoms with Crippen molar-refractivity contribution in [2.45, 2.75) is 18.8 Å². The fraction of sp³-hybridized carbons (Fsp3) is 0.636. The molecule has 0 spiro atoms. The first-order valence-corrected chi connectivity index (χ1v) is 5.42. The molecule has 0 amide bonds. The quantitative estimate of drug-likeness (QED) is 0.666. The Bertz CT molecular complexity index is 312. The average molecular weight is 189 g/mol. The van der Waals surface area contributed by atoms with Crippen molar-refractivity contribution < 1.29 is 0 Å². The predicted molar refractivity (Wildman–Crippen MR) is 53.9 cm³/mol. The molecule has 3 atom stereocenters. The van der Waals surface area contributed by atoms with Crippen LogP contribution in [0, 0.1) is 5.92 Å². The maximum Gasteiger partial charge on any atom is 0.0633 e. The van der Waals surface area contributed by atoms with E-state index in [1.54, 1.807) is 6.20 Å². The predicted octanol–water partition coefficient (Wildman–Crippen LogP) is 1.29. The summed E-state index contributed by atoms with van der Waals surface area (Å²) in [5, 5.41) is 0. The number of fused-ring (bicyclic) bond motifs is 2. The van der Waals surface area contributed by atoms with E-state index in [1.807, 2.05) is 12.4 Å². The van der Waals surface area contributed by atoms with E-state index in [1.165, 1.54) is 38.2 Å². The van der Waals surface area contributed by atoms with Crippen molar-refractivity contribution in [1.29, 1.82) is 0 Å². The van der Waals surface area contributed by atoms with Gasteiger partial charge in [0, 0.05) is 37.6 Å². The zero-order valence-electron chi connectivity index (χ0n) is 8.26. The highest BCUT2D eigenvalue weighted by atomic mass is 15.2. The first kappa shape index (κ1) is 8.36. The first-order chi connectivity index (χ1) is 6.93. The monoisotopic (exact) mass is 189 g/mol. The molecule has 2 fully saturated rings. The van der Waals surface area contributed by atoms with Gasteiger partial charge in [-0.3, -0.25) is 9.97 Å². The van der Waals surface area contributed by atoms with Crippen LogP contribution in [0.2, 0.25) is 0 Å². The van der Waals surface area contributed by atoms with Crippen LogP contribution in [0.3, 0.4) is 0 Å². The standard InChI is InChI=1S/C11H15N3/c1-2-9-7-14(5-1)8-10(9)11-6-12-3-4-13-11/h3-4,6,9-10H,1-2,5,7-8H2/t9?,10-/m1/s1. The van der Waals surface area contributed by atoms with Gasteiger partial charge in [-0.05, 0) is 25.3 Å². The number of piperidine rings is 1. The molecule has 2 unspecified atom stereocenters. The molecular weight excluding hydrogens is 174 g/mol. The third-order valence-corrected chi connectivity index (χ3v) is 3.53. The average Bonchev–Trinajstić information content (AvgIpc) is 2.55. The van der Waals surface area contributed by atoms with Crippen molar-refractivity contribution in [3.8, 4) is 0 Å². The van der Waals surface area contributed by atoms with Crippen LogP contribution in [0.1, 0.15) is 24.5 Å². The van der Waals surface area contributed by atoms with E-state index in [0.29, 0.717) is 5.92 Å². The molecule has 2 saturated heterocycles. The summed E-state index contributed by atoms with van der Waals surface area (Å²) in [6.07, 6.45) is 8.24. The normalized spacial score (nSPS) is 35.9. The van der Waals surface area contributed by atoms with E-state index in [-0.39, 0.29) is 0 Å². The van der Waals surface area contributed by atoms with Gasteiger partial charge in [-0.15, -0.1) is 0 Å². The Morgan fingerprint density at radius 2 is 2.29 bits per heavy atom. The number of aromatic nitrogens is 2. The van der Waals surface area contributed by atoms with Crippen molar-refractivity contribution in [3.05, 3.63) is 24.3 Å². The summed E-state index contributed by atoms with van der Waals surface area (Å²) in [6.45, 7) is 3.76. The largest absolute Gasteiger partial charge is 0.302 e. The van der Waals surface area contributed by atoms with Gasteiger partial charge < -0.3 is 4.90 Å². The van der Waals surface area contributed by atoms with Crippen LogP contribution in [0.25, 0.3) is 0 Å². The summed E-state index contributed by atoms with van der Waals surface area (Å²) < 4.78 is 0. The summed E-state index contributed by atoms with van der Waals surface area (Å²) in [5.41, 5.74) is 1.20. The molecule has 0 radical (unpaired) electrons. The molecule has 1 aromatic heterocycles. The molecule has 2 bridgehead atoms. The van der Waals surface area contributed by atoms with E-state index in [2.05, 4.69) is 14.9 Å². The van der Waals surface area contributed by atoms with Gasteiger partial charge in [0.25, 0.3) is 0 Å². The lowest BCUT2D eigenvalue weighted by Gasteiger charge is -2.21. The lowest BCUT2D eigenvalue weighted by Crippen LogP contribution is -2.25. The van der Waals surface area contributed by atoms with E-state index in [4.69, 9.17) is 0 Å². The molecule has 74 valence electrons. The second kappa shape index (κ2) is 3.31. The zero-order valence-corrected chi connectivity index (χ0v) is 8.26. The molecule has 3 heterocycles. The maximum absolute atomic E-state index is 4.43. The van der Waals surface area contributed by atoms with Gasteiger partial charge in [-0.25, -0.2) is 0 Å². The molecule has 0 N–H and O–H groups in total. The number of rotatable bonds is 1. The van der Waals surface area contributed by atoms with Gasteiger partial charge in [-0.2, -0.15) is 0 Å². The Morgan fingerprint density at radius 3 is 3.07 bits per heavy atom. The van der Waals surface area contributed by atoms with E-state index < -0.39 is 0 Å². The topological polar surface area (TPSA) is 29.0 Å². The minimum Gasteiger partial charge on any atom is -0.302 e. The smallest absolute Gasteiger partial charge is 0.0633 e. The van der Waals surface area contributed by atoms with Crippen LogP contribution in [0.5, 0.6) is 0 Å². The van der Waals surface area contributed by atoms with Gasteiger partial charge in [0.2, 0.25) is 0 Å². The zero-order chi connectivity index (χ0) is 9.38. The van der Waals surface area contributed by atoms with Crippen LogP contribution in [-0.2, 0) is 0 Å². The Kier molecular flexibility index (Phi) is 1.98. The van der Waals surface area contributed by atoms with Crippen LogP contribution in [0.15, 0.2) is 18.6 Å². The Hall–Kier alpha value is -0.960. The van der Waals surface area contributed by atoms with Gasteiger partial charge in [-0.1, -0.05) is 0 Å². The van der Waals surface area contributed by atoms with Crippen molar-refractivity contribution in [3.63, 3.8) is 0 Å². The van der Waals surface area contributed by atoms with Crippen LogP contribution in [0.4, 0.5) is 0 Å². The molecule has 3 heteroatoms. The van der Waals surface area contributed by atoms with Crippen molar-refractivity contribution >= 4 is 0 Å². The van der Waals surface area contributed by atoms with Gasteiger partial charge in [0.15, 0.2) is 0 Å². The second-order valence-corrected chi connectivity index (χ2v) is 4.40. The highest BCUT2D eigenvalue weighted by molar-refractivity contribution is 5.10. The minimum absolute atomic E-state index is 0.645. The molecule has 1 aromatic rings. The highest BCUT2D eigenvalue weighted by Gasteiger charge is 2.36. The van der Waals surface area contributed by atoms with Gasteiger partial charge in [0.1, 0.15) is 0 Å². The van der Waals surface area contributed by atoms with E-state index >= 15 is 0 Å². The summed E-state index contributed by atoms with van der Waals surface area (Å²) in [6, 6.07) is 0. The number of nitrogens with zero attached hydrogens (tertiary/aromatic N) is 3. The van der Waals surface area contributed by atoms with Crippen LogP contribution < -0.4 is 0 Å². The fourth-order valence-corrected chi connectivity index (χ4v) is 2.85. The minimum atomic E-state index is 0.645. The molecule has 14 heavy (non-hydrogen) atoms. The fourth-order valence-electron chi connectivity index (χ4n) is 2.85. The third kappa shape index (κ3) is 1.32. The second-order valence-electron chi connectivity index (χ2n) is 4.40. The molecule has 2 aliphatic rings. The summed E-state index contributed by atoms with van der Waals surface area (Å²) >= 11 is 0. The maximum atomic E-state index is 4.43. The number of hydrogen-bond donors (Lipinski definition) is 0. The summed E-state index contributed by atoms with van der Waals surface area (Å²) in [5.74, 6) is 1.48. The van der Waals surface area contributed by atoms with Crippen molar-refractivity contribution in [2.24, 2.45) is 5.92 Å². The summed E-state index contributed by atoms with van der Waals surface area (Å²) in [7, 11) is 0. The van der Waals surface area contributed by atoms with Crippen LogP contribution >= 0.6 is 0 Å².